The van der Waals surface area contributed by atoms with E-state index in [-0.39, 0.29) is 58.5 Å². The van der Waals surface area contributed by atoms with Crippen LogP contribution in [-0.2, 0) is 26.3 Å². The molecule has 2 aromatic heterocycles. The molecule has 348 valence electrons. The fourth-order valence-corrected chi connectivity index (χ4v) is 11.8. The third-order valence-electron chi connectivity index (χ3n) is 13.2. The number of nitro benzene ring substituents is 1. The van der Waals surface area contributed by atoms with Crippen LogP contribution in [0.15, 0.2) is 89.6 Å². The Kier molecular flexibility index (Phi) is 12.6. The zero-order valence-corrected chi connectivity index (χ0v) is 39.2. The van der Waals surface area contributed by atoms with Crippen molar-refractivity contribution in [3.63, 3.8) is 0 Å². The minimum Gasteiger partial charge on any atom is -0.493 e. The first-order valence-corrected chi connectivity index (χ1v) is 25.8. The number of ether oxygens (including phenoxy) is 2. The van der Waals surface area contributed by atoms with Gasteiger partial charge in [0.15, 0.2) is 9.84 Å². The highest BCUT2D eigenvalue weighted by atomic mass is 35.5. The maximum atomic E-state index is 14.1. The highest BCUT2D eigenvalue weighted by molar-refractivity contribution is 7.91. The summed E-state index contributed by atoms with van der Waals surface area (Å²) in [5.74, 6) is -0.623. The van der Waals surface area contributed by atoms with Crippen molar-refractivity contribution in [2.45, 2.75) is 44.4 Å². The Morgan fingerprint density at radius 3 is 2.52 bits per heavy atom. The van der Waals surface area contributed by atoms with Crippen molar-refractivity contribution in [3.05, 3.63) is 117 Å². The van der Waals surface area contributed by atoms with Crippen molar-refractivity contribution in [2.75, 3.05) is 75.4 Å². The van der Waals surface area contributed by atoms with E-state index in [0.29, 0.717) is 44.1 Å². The SMILES string of the molecule is CC1(C)CCC(CN2CCN(c3ccc(C(=O)NS(=O)(=O)c4cc5c(c([N+](=O)[O-])c4)C[C@H](CN4CCS(=O)(=O)CC4)CO5)c(Oc4cnc5[nH]ccc5c4)c3)CC2)=C(c2ccc(Cl)cc2)C1. The molecule has 0 unspecified atom stereocenters. The Bertz CT molecular complexity index is 2940. The molecular formula is C47H52ClN7O9S2. The van der Waals surface area contributed by atoms with Crippen LogP contribution in [0.25, 0.3) is 16.6 Å². The topological polar surface area (TPSA) is 197 Å². The van der Waals surface area contributed by atoms with Gasteiger partial charge in [0, 0.05) is 98.8 Å². The molecule has 2 fully saturated rings. The number of piperazine rings is 1. The van der Waals surface area contributed by atoms with Crippen molar-refractivity contribution >= 4 is 65.3 Å². The molecule has 16 nitrogen and oxygen atoms in total. The van der Waals surface area contributed by atoms with Crippen LogP contribution >= 0.6 is 11.6 Å². The van der Waals surface area contributed by atoms with E-state index in [1.807, 2.05) is 23.1 Å². The maximum Gasteiger partial charge on any atom is 0.277 e. The first kappa shape index (κ1) is 45.6. The Morgan fingerprint density at radius 1 is 1.02 bits per heavy atom. The maximum absolute atomic E-state index is 14.1. The molecule has 2 N–H and O–H groups in total. The number of benzene rings is 3. The second-order valence-corrected chi connectivity index (χ2v) is 22.9. The molecule has 3 aliphatic heterocycles. The summed E-state index contributed by atoms with van der Waals surface area (Å²) in [4.78, 5) is 39.4. The third kappa shape index (κ3) is 10.2. The lowest BCUT2D eigenvalue weighted by molar-refractivity contribution is -0.386. The van der Waals surface area contributed by atoms with E-state index in [1.165, 1.54) is 35.0 Å². The number of halogens is 1. The third-order valence-corrected chi connectivity index (χ3v) is 16.3. The quantitative estimate of drug-likeness (QED) is 0.0950. The van der Waals surface area contributed by atoms with Crippen molar-refractivity contribution in [2.24, 2.45) is 11.3 Å². The van der Waals surface area contributed by atoms with Crippen molar-refractivity contribution in [1.29, 1.82) is 0 Å². The van der Waals surface area contributed by atoms with E-state index in [9.17, 15) is 31.7 Å². The molecule has 4 aliphatic rings. The van der Waals surface area contributed by atoms with Gasteiger partial charge in [-0.3, -0.25) is 19.8 Å². The molecule has 19 heteroatoms. The van der Waals surface area contributed by atoms with Gasteiger partial charge in [-0.15, -0.1) is 0 Å². The van der Waals surface area contributed by atoms with Crippen LogP contribution in [0.1, 0.15) is 54.6 Å². The van der Waals surface area contributed by atoms with Gasteiger partial charge in [0.1, 0.15) is 22.9 Å². The van der Waals surface area contributed by atoms with Crippen molar-refractivity contribution in [1.82, 2.24) is 24.5 Å². The number of nitro groups is 1. The summed E-state index contributed by atoms with van der Waals surface area (Å²) >= 11 is 6.25. The molecule has 0 spiro atoms. The van der Waals surface area contributed by atoms with Gasteiger partial charge in [0.2, 0.25) is 0 Å². The molecule has 2 saturated heterocycles. The average Bonchev–Trinajstić information content (AvgIpc) is 3.76. The monoisotopic (exact) mass is 957 g/mol. The van der Waals surface area contributed by atoms with Crippen LogP contribution in [0.5, 0.6) is 17.2 Å². The number of sulfonamides is 1. The molecule has 1 amide bonds. The summed E-state index contributed by atoms with van der Waals surface area (Å²) in [5.41, 5.74) is 5.42. The molecule has 1 atom stereocenters. The number of allylic oxidation sites excluding steroid dienone is 1. The first-order valence-electron chi connectivity index (χ1n) is 22.1. The number of fused-ring (bicyclic) bond motifs is 2. The molecule has 5 heterocycles. The minimum atomic E-state index is -4.68. The van der Waals surface area contributed by atoms with E-state index in [2.05, 4.69) is 50.5 Å². The van der Waals surface area contributed by atoms with Crippen LogP contribution in [0.2, 0.25) is 5.02 Å². The number of anilines is 1. The predicted molar refractivity (Wildman–Crippen MR) is 253 cm³/mol. The number of carbonyl (C=O) groups is 1. The summed E-state index contributed by atoms with van der Waals surface area (Å²) in [7, 11) is -7.76. The number of pyridine rings is 1. The second kappa shape index (κ2) is 18.3. The highest BCUT2D eigenvalue weighted by Crippen LogP contribution is 2.44. The Morgan fingerprint density at radius 2 is 1.77 bits per heavy atom. The smallest absolute Gasteiger partial charge is 0.277 e. The summed E-state index contributed by atoms with van der Waals surface area (Å²) in [6.07, 6.45) is 6.64. The van der Waals surface area contributed by atoms with Crippen LogP contribution < -0.4 is 19.1 Å². The molecule has 0 radical (unpaired) electrons. The molecule has 5 aromatic rings. The fourth-order valence-electron chi connectivity index (χ4n) is 9.44. The van der Waals surface area contributed by atoms with Gasteiger partial charge in [-0.2, -0.15) is 0 Å². The standard InChI is InChI=1S/C47H52ClN7O9S2/c1-47(2)11-9-34(41(26-47)32-3-5-35(48)6-4-32)29-52-13-15-54(16-14-52)36-7-8-39(44(23-36)64-37-22-33-10-12-49-45(33)50-27-37)46(56)51-66(61,62)38-24-42(55(57)58)40-21-31(30-63-43(40)25-38)28-53-17-19-65(59,60)20-18-53/h3-8,10,12,22-25,27,31H,9,11,13-21,26,28-30H2,1-2H3,(H,49,50)(H,51,56)/t31-/m1/s1. The number of rotatable bonds is 12. The average molecular weight is 959 g/mol. The van der Waals surface area contributed by atoms with Gasteiger partial charge in [-0.05, 0) is 78.6 Å². The van der Waals surface area contributed by atoms with Gasteiger partial charge in [0.25, 0.3) is 21.6 Å². The lowest BCUT2D eigenvalue weighted by Crippen LogP contribution is -2.47. The largest absolute Gasteiger partial charge is 0.493 e. The summed E-state index contributed by atoms with van der Waals surface area (Å²) in [6.45, 7) is 9.87. The van der Waals surface area contributed by atoms with Gasteiger partial charge in [-0.1, -0.05) is 43.2 Å². The Hall–Kier alpha value is -5.53. The van der Waals surface area contributed by atoms with Crippen LogP contribution in [0.3, 0.4) is 0 Å². The summed E-state index contributed by atoms with van der Waals surface area (Å²) in [5, 5.41) is 13.9. The molecule has 0 bridgehead atoms. The number of hydrogen-bond acceptors (Lipinski definition) is 13. The van der Waals surface area contributed by atoms with Gasteiger partial charge in [0.05, 0.1) is 45.3 Å². The van der Waals surface area contributed by atoms with Gasteiger partial charge >= 0.3 is 0 Å². The van der Waals surface area contributed by atoms with Crippen LogP contribution in [0.4, 0.5) is 11.4 Å². The first-order chi connectivity index (χ1) is 31.5. The fraction of sp³-hybridized carbons (Fsp3) is 0.404. The number of nitrogens with one attached hydrogen (secondary N) is 2. The van der Waals surface area contributed by atoms with Crippen molar-refractivity contribution in [3.8, 4) is 17.2 Å². The lowest BCUT2D eigenvalue weighted by atomic mass is 9.72. The molecular weight excluding hydrogens is 906 g/mol. The second-order valence-electron chi connectivity index (χ2n) is 18.5. The number of aromatic nitrogens is 2. The Balaban J connectivity index is 0.931. The normalized spacial score (nSPS) is 20.1. The zero-order chi connectivity index (χ0) is 46.4. The molecule has 3 aromatic carbocycles. The number of nitrogens with zero attached hydrogens (tertiary/aromatic N) is 5. The van der Waals surface area contributed by atoms with E-state index in [4.69, 9.17) is 21.1 Å². The van der Waals surface area contributed by atoms with Gasteiger partial charge < -0.3 is 24.3 Å². The molecule has 66 heavy (non-hydrogen) atoms. The number of sulfone groups is 1. The number of carbonyl (C=O) groups excluding carboxylic acids is 1. The number of aromatic amines is 1. The van der Waals surface area contributed by atoms with E-state index in [0.717, 1.165) is 61.1 Å². The Labute approximate surface area is 389 Å². The summed E-state index contributed by atoms with van der Waals surface area (Å²) < 4.78 is 66.1. The summed E-state index contributed by atoms with van der Waals surface area (Å²) in [6, 6.07) is 18.9. The molecule has 1 aliphatic carbocycles. The number of hydrogen-bond donors (Lipinski definition) is 2. The predicted octanol–water partition coefficient (Wildman–Crippen LogP) is 7.10. The highest BCUT2D eigenvalue weighted by Gasteiger charge is 2.35. The zero-order valence-electron chi connectivity index (χ0n) is 36.8. The van der Waals surface area contributed by atoms with E-state index >= 15 is 0 Å². The van der Waals surface area contributed by atoms with E-state index in [1.54, 1.807) is 24.4 Å². The molecule has 0 saturated carbocycles. The molecule has 9 rings (SSSR count). The minimum absolute atomic E-state index is 0.0389. The van der Waals surface area contributed by atoms with E-state index < -0.39 is 41.3 Å². The number of H-pyrrole nitrogens is 1. The number of amides is 1. The van der Waals surface area contributed by atoms with Gasteiger partial charge in [-0.25, -0.2) is 26.5 Å². The van der Waals surface area contributed by atoms with Crippen molar-refractivity contribution < 1.29 is 36.0 Å². The lowest BCUT2D eigenvalue weighted by Gasteiger charge is -2.39. The van der Waals surface area contributed by atoms with Crippen LogP contribution in [0, 0.1) is 21.4 Å². The van der Waals surface area contributed by atoms with Crippen LogP contribution in [-0.4, -0.2) is 118 Å².